The van der Waals surface area contributed by atoms with Gasteiger partial charge in [0.05, 0.1) is 0 Å². The van der Waals surface area contributed by atoms with Crippen molar-refractivity contribution in [1.29, 1.82) is 0 Å². The minimum Gasteiger partial charge on any atom is -0.351 e. The van der Waals surface area contributed by atoms with Gasteiger partial charge in [0.15, 0.2) is 0 Å². The van der Waals surface area contributed by atoms with Crippen LogP contribution < -0.4 is 5.32 Å². The largest absolute Gasteiger partial charge is 0.351 e. The van der Waals surface area contributed by atoms with Gasteiger partial charge in [-0.1, -0.05) is 19.9 Å². The van der Waals surface area contributed by atoms with E-state index in [1.165, 1.54) is 0 Å². The number of carbonyl (C=O) groups excluding carboxylic acids is 1. The Bertz CT molecular complexity index is 290. The number of hydrogen-bond donors (Lipinski definition) is 1. The van der Waals surface area contributed by atoms with E-state index < -0.39 is 0 Å². The molecule has 1 aliphatic carbocycles. The molecule has 3 atom stereocenters. The minimum atomic E-state index is -0.217. The Morgan fingerprint density at radius 1 is 1.44 bits per heavy atom. The molecule has 1 aliphatic rings. The van der Waals surface area contributed by atoms with E-state index in [0.29, 0.717) is 11.8 Å². The molecule has 2 heteroatoms. The van der Waals surface area contributed by atoms with Crippen LogP contribution in [0.2, 0.25) is 0 Å². The Hall–Kier alpha value is -0.790. The normalized spacial score (nSPS) is 34.8. The summed E-state index contributed by atoms with van der Waals surface area (Å²) < 4.78 is 0. The van der Waals surface area contributed by atoms with Crippen molar-refractivity contribution in [3.05, 3.63) is 12.7 Å². The summed E-state index contributed by atoms with van der Waals surface area (Å²) in [4.78, 5) is 12.2. The summed E-state index contributed by atoms with van der Waals surface area (Å²) in [5.74, 6) is 1.24. The molecule has 0 saturated heterocycles. The first-order valence-electron chi connectivity index (χ1n) is 6.13. The van der Waals surface area contributed by atoms with Gasteiger partial charge in [-0.2, -0.15) is 0 Å². The van der Waals surface area contributed by atoms with E-state index in [9.17, 15) is 4.79 Å². The molecular formula is C14H25NO. The Balaban J connectivity index is 2.73. The highest BCUT2D eigenvalue weighted by molar-refractivity contribution is 5.83. The zero-order valence-electron chi connectivity index (χ0n) is 11.3. The Labute approximate surface area is 99.5 Å². The zero-order chi connectivity index (χ0) is 12.6. The molecule has 2 nitrogen and oxygen atoms in total. The van der Waals surface area contributed by atoms with Crippen LogP contribution in [0, 0.1) is 17.3 Å². The highest BCUT2D eigenvalue weighted by atomic mass is 16.2. The molecule has 0 radical (unpaired) electrons. The van der Waals surface area contributed by atoms with E-state index in [0.717, 1.165) is 12.8 Å². The molecule has 0 aromatic heterocycles. The molecule has 0 spiro atoms. The molecule has 1 rings (SSSR count). The molecule has 92 valence electrons. The van der Waals surface area contributed by atoms with Crippen molar-refractivity contribution in [2.45, 2.75) is 53.0 Å². The SMILES string of the molecule is C=C[C@H]1C[C@@](C)(C(=O)NC(C)(C)C)C[C@@H]1C. The molecule has 0 bridgehead atoms. The first-order chi connectivity index (χ1) is 7.18. The van der Waals surface area contributed by atoms with Gasteiger partial charge in [0.1, 0.15) is 0 Å². The Kier molecular flexibility index (Phi) is 3.51. The minimum absolute atomic E-state index is 0.143. The van der Waals surface area contributed by atoms with Crippen LogP contribution in [0.3, 0.4) is 0 Å². The summed E-state index contributed by atoms with van der Waals surface area (Å²) in [7, 11) is 0. The van der Waals surface area contributed by atoms with Gasteiger partial charge in [0.2, 0.25) is 5.91 Å². The summed E-state index contributed by atoms with van der Waals surface area (Å²) in [5, 5.41) is 3.09. The molecule has 0 aliphatic heterocycles. The van der Waals surface area contributed by atoms with Gasteiger partial charge in [-0.25, -0.2) is 0 Å². The van der Waals surface area contributed by atoms with Crippen molar-refractivity contribution >= 4 is 5.91 Å². The van der Waals surface area contributed by atoms with Crippen LogP contribution in [0.25, 0.3) is 0 Å². The van der Waals surface area contributed by atoms with Gasteiger partial charge >= 0.3 is 0 Å². The molecule has 0 unspecified atom stereocenters. The van der Waals surface area contributed by atoms with Crippen molar-refractivity contribution in [3.63, 3.8) is 0 Å². The van der Waals surface area contributed by atoms with Gasteiger partial charge in [0, 0.05) is 11.0 Å². The number of hydrogen-bond acceptors (Lipinski definition) is 1. The van der Waals surface area contributed by atoms with Crippen molar-refractivity contribution in [2.24, 2.45) is 17.3 Å². The van der Waals surface area contributed by atoms with Crippen LogP contribution in [-0.2, 0) is 4.79 Å². The van der Waals surface area contributed by atoms with Crippen LogP contribution in [0.5, 0.6) is 0 Å². The van der Waals surface area contributed by atoms with Crippen LogP contribution in [-0.4, -0.2) is 11.4 Å². The number of rotatable bonds is 2. The molecule has 1 fully saturated rings. The van der Waals surface area contributed by atoms with E-state index in [-0.39, 0.29) is 16.9 Å². The van der Waals surface area contributed by atoms with Crippen LogP contribution in [0.1, 0.15) is 47.5 Å². The molecule has 16 heavy (non-hydrogen) atoms. The first-order valence-corrected chi connectivity index (χ1v) is 6.13. The number of amides is 1. The second-order valence-electron chi connectivity index (χ2n) is 6.55. The van der Waals surface area contributed by atoms with Gasteiger partial charge in [-0.15, -0.1) is 6.58 Å². The van der Waals surface area contributed by atoms with Crippen LogP contribution in [0.4, 0.5) is 0 Å². The lowest BCUT2D eigenvalue weighted by Crippen LogP contribution is -2.47. The zero-order valence-corrected chi connectivity index (χ0v) is 11.3. The van der Waals surface area contributed by atoms with E-state index in [1.807, 2.05) is 26.8 Å². The van der Waals surface area contributed by atoms with Crippen LogP contribution >= 0.6 is 0 Å². The number of carbonyl (C=O) groups is 1. The quantitative estimate of drug-likeness (QED) is 0.716. The lowest BCUT2D eigenvalue weighted by atomic mass is 9.85. The fourth-order valence-electron chi connectivity index (χ4n) is 2.66. The van der Waals surface area contributed by atoms with E-state index in [4.69, 9.17) is 0 Å². The third kappa shape index (κ3) is 2.87. The maximum Gasteiger partial charge on any atom is 0.226 e. The van der Waals surface area contributed by atoms with Gasteiger partial charge in [-0.3, -0.25) is 4.79 Å². The molecule has 0 heterocycles. The smallest absolute Gasteiger partial charge is 0.226 e. The molecule has 1 N–H and O–H groups in total. The van der Waals surface area contributed by atoms with Crippen molar-refractivity contribution < 1.29 is 4.79 Å². The standard InChI is InChI=1S/C14H25NO/c1-7-11-9-14(6,8-10(11)2)12(16)15-13(3,4)5/h7,10-11H,1,8-9H2,2-6H3,(H,15,16)/t10-,11-,14-/m0/s1. The van der Waals surface area contributed by atoms with E-state index in [1.54, 1.807) is 0 Å². The molecule has 1 amide bonds. The van der Waals surface area contributed by atoms with Crippen molar-refractivity contribution in [1.82, 2.24) is 5.32 Å². The summed E-state index contributed by atoms with van der Waals surface area (Å²) >= 11 is 0. The Morgan fingerprint density at radius 2 is 2.00 bits per heavy atom. The predicted molar refractivity (Wildman–Crippen MR) is 68.1 cm³/mol. The van der Waals surface area contributed by atoms with Crippen LogP contribution in [0.15, 0.2) is 12.7 Å². The number of nitrogens with one attached hydrogen (secondary N) is 1. The molecule has 1 saturated carbocycles. The fraction of sp³-hybridized carbons (Fsp3) is 0.786. The lowest BCUT2D eigenvalue weighted by Gasteiger charge is -2.29. The first kappa shape index (κ1) is 13.3. The van der Waals surface area contributed by atoms with E-state index in [2.05, 4.69) is 25.7 Å². The topological polar surface area (TPSA) is 29.1 Å². The molecule has 0 aromatic rings. The van der Waals surface area contributed by atoms with Gasteiger partial charge < -0.3 is 5.32 Å². The second kappa shape index (κ2) is 4.23. The summed E-state index contributed by atoms with van der Waals surface area (Å²) in [6, 6.07) is 0. The monoisotopic (exact) mass is 223 g/mol. The van der Waals surface area contributed by atoms with Gasteiger partial charge in [-0.05, 0) is 45.4 Å². The lowest BCUT2D eigenvalue weighted by molar-refractivity contribution is -0.131. The average Bonchev–Trinajstić information content (AvgIpc) is 2.40. The second-order valence-corrected chi connectivity index (χ2v) is 6.55. The predicted octanol–water partition coefficient (Wildman–Crippen LogP) is 3.14. The number of allylic oxidation sites excluding steroid dienone is 1. The van der Waals surface area contributed by atoms with Crippen molar-refractivity contribution in [2.75, 3.05) is 0 Å². The fourth-order valence-corrected chi connectivity index (χ4v) is 2.66. The third-order valence-corrected chi connectivity index (χ3v) is 3.53. The maximum absolute atomic E-state index is 12.2. The maximum atomic E-state index is 12.2. The highest BCUT2D eigenvalue weighted by Gasteiger charge is 2.44. The Morgan fingerprint density at radius 3 is 2.38 bits per heavy atom. The van der Waals surface area contributed by atoms with Crippen molar-refractivity contribution in [3.8, 4) is 0 Å². The van der Waals surface area contributed by atoms with E-state index >= 15 is 0 Å². The molecule has 0 aromatic carbocycles. The molecular weight excluding hydrogens is 198 g/mol. The summed E-state index contributed by atoms with van der Waals surface area (Å²) in [6.45, 7) is 14.2. The van der Waals surface area contributed by atoms with Gasteiger partial charge in [0.25, 0.3) is 0 Å². The summed E-state index contributed by atoms with van der Waals surface area (Å²) in [5.41, 5.74) is -0.360. The average molecular weight is 223 g/mol. The summed E-state index contributed by atoms with van der Waals surface area (Å²) in [6.07, 6.45) is 3.89. The highest BCUT2D eigenvalue weighted by Crippen LogP contribution is 2.46. The third-order valence-electron chi connectivity index (χ3n) is 3.53.